The van der Waals surface area contributed by atoms with Crippen molar-refractivity contribution in [1.29, 1.82) is 0 Å². The summed E-state index contributed by atoms with van der Waals surface area (Å²) in [6, 6.07) is 9.58. The van der Waals surface area contributed by atoms with Gasteiger partial charge in [-0.2, -0.15) is 0 Å². The Bertz CT molecular complexity index is 802. The van der Waals surface area contributed by atoms with Crippen molar-refractivity contribution in [1.82, 2.24) is 9.97 Å². The molecule has 104 valence electrons. The Kier molecular flexibility index (Phi) is 3.68. The van der Waals surface area contributed by atoms with E-state index in [1.807, 2.05) is 30.3 Å². The monoisotopic (exact) mass is 315 g/mol. The van der Waals surface area contributed by atoms with Crippen LogP contribution in [0.2, 0.25) is 5.02 Å². The molecule has 2 aromatic heterocycles. The Labute approximate surface area is 130 Å². The maximum absolute atomic E-state index is 11.1. The number of carbonyl (C=O) groups excluding carboxylic acids is 1. The van der Waals surface area contributed by atoms with Crippen LogP contribution in [-0.4, -0.2) is 15.9 Å². The number of rotatable bonds is 3. The fraction of sp³-hybridized carbons (Fsp3) is 0. The first kappa shape index (κ1) is 13.7. The SMILES string of the molecule is NC(=O)c1ncc(-c2ccc(-c3cccnc3)cc2Cl)s1. The quantitative estimate of drug-likeness (QED) is 0.802. The molecule has 1 amide bonds. The number of nitrogens with two attached hydrogens (primary N) is 1. The molecule has 0 radical (unpaired) electrons. The molecule has 0 saturated heterocycles. The maximum Gasteiger partial charge on any atom is 0.277 e. The number of halogens is 1. The third-order valence-electron chi connectivity index (χ3n) is 2.95. The number of aromatic nitrogens is 2. The largest absolute Gasteiger partial charge is 0.364 e. The van der Waals surface area contributed by atoms with E-state index in [1.165, 1.54) is 11.3 Å². The molecular weight excluding hydrogens is 306 g/mol. The first-order valence-electron chi connectivity index (χ1n) is 6.11. The van der Waals surface area contributed by atoms with Crippen molar-refractivity contribution in [3.63, 3.8) is 0 Å². The fourth-order valence-electron chi connectivity index (χ4n) is 1.94. The second kappa shape index (κ2) is 5.63. The first-order chi connectivity index (χ1) is 10.1. The molecular formula is C15H10ClN3OS. The zero-order valence-corrected chi connectivity index (χ0v) is 12.4. The smallest absolute Gasteiger partial charge is 0.277 e. The minimum atomic E-state index is -0.533. The van der Waals surface area contributed by atoms with Gasteiger partial charge in [0.05, 0.1) is 4.88 Å². The Hall–Kier alpha value is -2.24. The molecule has 1 aromatic carbocycles. The highest BCUT2D eigenvalue weighted by Crippen LogP contribution is 2.34. The van der Waals surface area contributed by atoms with Gasteiger partial charge in [-0.05, 0) is 17.7 Å². The zero-order chi connectivity index (χ0) is 14.8. The van der Waals surface area contributed by atoms with Crippen molar-refractivity contribution in [2.75, 3.05) is 0 Å². The Balaban J connectivity index is 2.00. The van der Waals surface area contributed by atoms with E-state index >= 15 is 0 Å². The minimum absolute atomic E-state index is 0.275. The van der Waals surface area contributed by atoms with Crippen molar-refractivity contribution in [3.05, 3.63) is 59.0 Å². The summed E-state index contributed by atoms with van der Waals surface area (Å²) < 4.78 is 0. The van der Waals surface area contributed by atoms with Crippen LogP contribution < -0.4 is 5.73 Å². The second-order valence-corrected chi connectivity index (χ2v) is 5.77. The number of benzene rings is 1. The summed E-state index contributed by atoms with van der Waals surface area (Å²) in [6.07, 6.45) is 5.11. The Morgan fingerprint density at radius 2 is 2.05 bits per heavy atom. The number of thiazole rings is 1. The van der Waals surface area contributed by atoms with Gasteiger partial charge in [-0.25, -0.2) is 4.98 Å². The molecule has 3 aromatic rings. The number of nitrogens with zero attached hydrogens (tertiary/aromatic N) is 2. The van der Waals surface area contributed by atoms with Crippen molar-refractivity contribution >= 4 is 28.8 Å². The molecule has 21 heavy (non-hydrogen) atoms. The third kappa shape index (κ3) is 2.79. The first-order valence-corrected chi connectivity index (χ1v) is 7.30. The summed E-state index contributed by atoms with van der Waals surface area (Å²) in [4.78, 5) is 20.0. The van der Waals surface area contributed by atoms with Gasteiger partial charge in [-0.15, -0.1) is 11.3 Å². The van der Waals surface area contributed by atoms with Gasteiger partial charge >= 0.3 is 0 Å². The van der Waals surface area contributed by atoms with E-state index in [9.17, 15) is 4.79 Å². The van der Waals surface area contributed by atoms with Gasteiger partial charge in [0.1, 0.15) is 0 Å². The van der Waals surface area contributed by atoms with Gasteiger partial charge in [0.15, 0.2) is 5.01 Å². The highest BCUT2D eigenvalue weighted by Gasteiger charge is 2.12. The standard InChI is InChI=1S/C15H10ClN3OS/c16-12-6-9(10-2-1-5-18-7-10)3-4-11(12)13-8-19-15(21-13)14(17)20/h1-8H,(H2,17,20). The summed E-state index contributed by atoms with van der Waals surface area (Å²) in [5.74, 6) is -0.533. The number of hydrogen-bond acceptors (Lipinski definition) is 4. The van der Waals surface area contributed by atoms with E-state index in [0.717, 1.165) is 21.6 Å². The lowest BCUT2D eigenvalue weighted by Crippen LogP contribution is -2.09. The molecule has 0 aliphatic carbocycles. The van der Waals surface area contributed by atoms with Crippen LogP contribution in [0.15, 0.2) is 48.9 Å². The summed E-state index contributed by atoms with van der Waals surface area (Å²) >= 11 is 7.57. The summed E-state index contributed by atoms with van der Waals surface area (Å²) in [5.41, 5.74) is 8.02. The number of amides is 1. The average Bonchev–Trinajstić information content (AvgIpc) is 2.98. The van der Waals surface area contributed by atoms with E-state index in [-0.39, 0.29) is 5.01 Å². The van der Waals surface area contributed by atoms with E-state index in [0.29, 0.717) is 5.02 Å². The predicted molar refractivity (Wildman–Crippen MR) is 84.3 cm³/mol. The summed E-state index contributed by atoms with van der Waals surface area (Å²) in [6.45, 7) is 0. The molecule has 0 spiro atoms. The lowest BCUT2D eigenvalue weighted by Gasteiger charge is -2.05. The van der Waals surface area contributed by atoms with Crippen molar-refractivity contribution in [2.24, 2.45) is 5.73 Å². The van der Waals surface area contributed by atoms with Crippen molar-refractivity contribution in [2.45, 2.75) is 0 Å². The summed E-state index contributed by atoms with van der Waals surface area (Å²) in [5, 5.41) is 0.869. The molecule has 0 atom stereocenters. The van der Waals surface area contributed by atoms with Gasteiger partial charge in [0, 0.05) is 34.7 Å². The molecule has 6 heteroatoms. The molecule has 0 fully saturated rings. The van der Waals surface area contributed by atoms with Gasteiger partial charge < -0.3 is 5.73 Å². The number of pyridine rings is 1. The van der Waals surface area contributed by atoms with Crippen LogP contribution >= 0.6 is 22.9 Å². The highest BCUT2D eigenvalue weighted by molar-refractivity contribution is 7.17. The van der Waals surface area contributed by atoms with E-state index < -0.39 is 5.91 Å². The second-order valence-electron chi connectivity index (χ2n) is 4.33. The van der Waals surface area contributed by atoms with E-state index in [2.05, 4.69) is 9.97 Å². The normalized spacial score (nSPS) is 10.5. The predicted octanol–water partition coefficient (Wildman–Crippen LogP) is 3.62. The lowest BCUT2D eigenvalue weighted by molar-refractivity contribution is 0.1000. The zero-order valence-electron chi connectivity index (χ0n) is 10.8. The molecule has 2 N–H and O–H groups in total. The van der Waals surface area contributed by atoms with E-state index in [4.69, 9.17) is 17.3 Å². The average molecular weight is 316 g/mol. The number of hydrogen-bond donors (Lipinski definition) is 1. The van der Waals surface area contributed by atoms with Crippen LogP contribution in [0.3, 0.4) is 0 Å². The Morgan fingerprint density at radius 1 is 1.19 bits per heavy atom. The minimum Gasteiger partial charge on any atom is -0.364 e. The van der Waals surface area contributed by atoms with Crippen LogP contribution in [0.4, 0.5) is 0 Å². The van der Waals surface area contributed by atoms with E-state index in [1.54, 1.807) is 18.6 Å². The summed E-state index contributed by atoms with van der Waals surface area (Å²) in [7, 11) is 0. The topological polar surface area (TPSA) is 68.9 Å². The van der Waals surface area contributed by atoms with Gasteiger partial charge in [-0.3, -0.25) is 9.78 Å². The molecule has 0 bridgehead atoms. The van der Waals surface area contributed by atoms with Crippen molar-refractivity contribution < 1.29 is 4.79 Å². The van der Waals surface area contributed by atoms with Gasteiger partial charge in [0.2, 0.25) is 0 Å². The Morgan fingerprint density at radius 3 is 2.67 bits per heavy atom. The number of primary amides is 1. The van der Waals surface area contributed by atoms with Gasteiger partial charge in [-0.1, -0.05) is 29.8 Å². The van der Waals surface area contributed by atoms with Crippen LogP contribution in [0, 0.1) is 0 Å². The van der Waals surface area contributed by atoms with Crippen LogP contribution in [0.5, 0.6) is 0 Å². The molecule has 4 nitrogen and oxygen atoms in total. The fourth-order valence-corrected chi connectivity index (χ4v) is 3.09. The van der Waals surface area contributed by atoms with Crippen LogP contribution in [0.25, 0.3) is 21.6 Å². The number of carbonyl (C=O) groups is 1. The highest BCUT2D eigenvalue weighted by atomic mass is 35.5. The molecule has 0 unspecified atom stereocenters. The van der Waals surface area contributed by atoms with Crippen molar-refractivity contribution in [3.8, 4) is 21.6 Å². The maximum atomic E-state index is 11.1. The van der Waals surface area contributed by atoms with Crippen LogP contribution in [-0.2, 0) is 0 Å². The molecule has 0 saturated carbocycles. The molecule has 3 rings (SSSR count). The van der Waals surface area contributed by atoms with Crippen LogP contribution in [0.1, 0.15) is 9.80 Å². The third-order valence-corrected chi connectivity index (χ3v) is 4.30. The lowest BCUT2D eigenvalue weighted by atomic mass is 10.1. The van der Waals surface area contributed by atoms with Gasteiger partial charge in [0.25, 0.3) is 5.91 Å². The molecule has 0 aliphatic rings. The molecule has 0 aliphatic heterocycles. The molecule has 2 heterocycles.